The first-order valence-electron chi connectivity index (χ1n) is 8.62. The molecule has 140 valence electrons. The number of hydrogen-bond acceptors (Lipinski definition) is 4. The van der Waals surface area contributed by atoms with Crippen LogP contribution in [0, 0.1) is 0 Å². The van der Waals surface area contributed by atoms with Gasteiger partial charge in [0.2, 0.25) is 0 Å². The molecule has 0 saturated carbocycles. The van der Waals surface area contributed by atoms with Crippen LogP contribution in [-0.4, -0.2) is 23.8 Å². The van der Waals surface area contributed by atoms with E-state index in [1.165, 1.54) is 0 Å². The summed E-state index contributed by atoms with van der Waals surface area (Å²) < 4.78 is 12.2. The molecule has 28 heavy (non-hydrogen) atoms. The van der Waals surface area contributed by atoms with Gasteiger partial charge in [0.05, 0.1) is 25.3 Å². The van der Waals surface area contributed by atoms with Crippen molar-refractivity contribution in [2.45, 2.75) is 0 Å². The molecule has 4 rings (SSSR count). The highest BCUT2D eigenvalue weighted by Crippen LogP contribution is 2.25. The first-order chi connectivity index (χ1) is 13.6. The van der Waals surface area contributed by atoms with E-state index in [1.54, 1.807) is 49.1 Å². The summed E-state index contributed by atoms with van der Waals surface area (Å²) in [4.78, 5) is 18.0. The zero-order valence-corrected chi connectivity index (χ0v) is 16.1. The molecule has 0 amide bonds. The predicted molar refractivity (Wildman–Crippen MR) is 111 cm³/mol. The fourth-order valence-electron chi connectivity index (χ4n) is 3.07. The summed E-state index contributed by atoms with van der Waals surface area (Å²) in [5, 5.41) is 0.602. The lowest BCUT2D eigenvalue weighted by Crippen LogP contribution is -2.22. The summed E-state index contributed by atoms with van der Waals surface area (Å²) in [6, 6.07) is 19.8. The maximum absolute atomic E-state index is 13.4. The van der Waals surface area contributed by atoms with Crippen molar-refractivity contribution in [2.24, 2.45) is 0 Å². The maximum atomic E-state index is 13.4. The van der Waals surface area contributed by atoms with Gasteiger partial charge in [0, 0.05) is 22.3 Å². The van der Waals surface area contributed by atoms with Crippen molar-refractivity contribution in [3.05, 3.63) is 82.1 Å². The Kier molecular flexibility index (Phi) is 4.75. The SMILES string of the molecule is COc1ccc(-n2c(=O)c(-c3ccc(Cl)cc3)nc3ccc(OC)cc32)cc1. The molecule has 0 aliphatic carbocycles. The van der Waals surface area contributed by atoms with Crippen molar-refractivity contribution >= 4 is 22.6 Å². The Morgan fingerprint density at radius 2 is 1.50 bits per heavy atom. The molecule has 0 aliphatic rings. The van der Waals surface area contributed by atoms with Gasteiger partial charge in [0.15, 0.2) is 0 Å². The van der Waals surface area contributed by atoms with Gasteiger partial charge < -0.3 is 9.47 Å². The zero-order chi connectivity index (χ0) is 19.7. The minimum Gasteiger partial charge on any atom is -0.497 e. The van der Waals surface area contributed by atoms with E-state index in [0.717, 1.165) is 0 Å². The number of halogens is 1. The largest absolute Gasteiger partial charge is 0.497 e. The fourth-order valence-corrected chi connectivity index (χ4v) is 3.20. The second kappa shape index (κ2) is 7.37. The zero-order valence-electron chi connectivity index (χ0n) is 15.3. The van der Waals surface area contributed by atoms with Crippen molar-refractivity contribution in [1.82, 2.24) is 9.55 Å². The standard InChI is InChI=1S/C22H17ClN2O3/c1-27-17-9-7-16(8-10-17)25-20-13-18(28-2)11-12-19(20)24-21(22(25)26)14-3-5-15(23)6-4-14/h3-13H,1-2H3. The number of methoxy groups -OCH3 is 2. The fraction of sp³-hybridized carbons (Fsp3) is 0.0909. The van der Waals surface area contributed by atoms with Gasteiger partial charge in [-0.2, -0.15) is 0 Å². The first kappa shape index (κ1) is 18.1. The molecular weight excluding hydrogens is 376 g/mol. The van der Waals surface area contributed by atoms with E-state index in [-0.39, 0.29) is 5.56 Å². The third-order valence-corrected chi connectivity index (χ3v) is 4.76. The normalized spacial score (nSPS) is 10.8. The van der Waals surface area contributed by atoms with Crippen LogP contribution in [-0.2, 0) is 0 Å². The molecule has 0 radical (unpaired) electrons. The smallest absolute Gasteiger partial charge is 0.282 e. The van der Waals surface area contributed by atoms with Gasteiger partial charge in [-0.1, -0.05) is 23.7 Å². The number of rotatable bonds is 4. The predicted octanol–water partition coefficient (Wildman–Crippen LogP) is 4.72. The Hall–Kier alpha value is -3.31. The molecule has 6 heteroatoms. The Labute approximate surface area is 166 Å². The summed E-state index contributed by atoms with van der Waals surface area (Å²) >= 11 is 5.99. The third-order valence-electron chi connectivity index (χ3n) is 4.51. The lowest BCUT2D eigenvalue weighted by Gasteiger charge is -2.14. The van der Waals surface area contributed by atoms with E-state index in [4.69, 9.17) is 21.1 Å². The van der Waals surface area contributed by atoms with E-state index in [2.05, 4.69) is 4.98 Å². The van der Waals surface area contributed by atoms with Crippen LogP contribution < -0.4 is 15.0 Å². The third kappa shape index (κ3) is 3.21. The number of benzene rings is 3. The van der Waals surface area contributed by atoms with Crippen LogP contribution in [0.25, 0.3) is 28.0 Å². The molecule has 0 N–H and O–H groups in total. The number of ether oxygens (including phenoxy) is 2. The minimum absolute atomic E-state index is 0.228. The summed E-state index contributed by atoms with van der Waals surface area (Å²) in [5.74, 6) is 1.36. The van der Waals surface area contributed by atoms with Gasteiger partial charge in [-0.15, -0.1) is 0 Å². The van der Waals surface area contributed by atoms with E-state index in [1.807, 2.05) is 36.4 Å². The van der Waals surface area contributed by atoms with Crippen molar-refractivity contribution < 1.29 is 9.47 Å². The van der Waals surface area contributed by atoms with Crippen LogP contribution in [0.5, 0.6) is 11.5 Å². The average Bonchev–Trinajstić information content (AvgIpc) is 2.74. The summed E-state index contributed by atoms with van der Waals surface area (Å²) in [6.45, 7) is 0. The molecule has 1 aromatic heterocycles. The van der Waals surface area contributed by atoms with Crippen LogP contribution in [0.4, 0.5) is 0 Å². The molecule has 0 saturated heterocycles. The second-order valence-electron chi connectivity index (χ2n) is 6.16. The number of fused-ring (bicyclic) bond motifs is 1. The van der Waals surface area contributed by atoms with Crippen LogP contribution in [0.15, 0.2) is 71.5 Å². The molecule has 0 unspecified atom stereocenters. The highest BCUT2D eigenvalue weighted by atomic mass is 35.5. The van der Waals surface area contributed by atoms with Crippen molar-refractivity contribution in [3.63, 3.8) is 0 Å². The van der Waals surface area contributed by atoms with Gasteiger partial charge in [0.1, 0.15) is 17.2 Å². The molecule has 0 bridgehead atoms. The van der Waals surface area contributed by atoms with Gasteiger partial charge >= 0.3 is 0 Å². The van der Waals surface area contributed by atoms with Crippen LogP contribution >= 0.6 is 11.6 Å². The Bertz CT molecular complexity index is 1200. The van der Waals surface area contributed by atoms with Gasteiger partial charge in [0.25, 0.3) is 5.56 Å². The molecular formula is C22H17ClN2O3. The highest BCUT2D eigenvalue weighted by molar-refractivity contribution is 6.30. The Morgan fingerprint density at radius 3 is 2.14 bits per heavy atom. The van der Waals surface area contributed by atoms with E-state index in [0.29, 0.717) is 44.5 Å². The Morgan fingerprint density at radius 1 is 0.857 bits per heavy atom. The molecule has 5 nitrogen and oxygen atoms in total. The van der Waals surface area contributed by atoms with E-state index < -0.39 is 0 Å². The molecule has 4 aromatic rings. The molecule has 0 aliphatic heterocycles. The Balaban J connectivity index is 2.04. The lowest BCUT2D eigenvalue weighted by molar-refractivity contribution is 0.414. The van der Waals surface area contributed by atoms with Crippen molar-refractivity contribution in [1.29, 1.82) is 0 Å². The van der Waals surface area contributed by atoms with Gasteiger partial charge in [-0.25, -0.2) is 4.98 Å². The van der Waals surface area contributed by atoms with Crippen LogP contribution in [0.1, 0.15) is 0 Å². The second-order valence-corrected chi connectivity index (χ2v) is 6.60. The number of nitrogens with zero attached hydrogens (tertiary/aromatic N) is 2. The van der Waals surface area contributed by atoms with Crippen molar-refractivity contribution in [3.8, 4) is 28.4 Å². The van der Waals surface area contributed by atoms with E-state index in [9.17, 15) is 4.79 Å². The molecule has 3 aromatic carbocycles. The van der Waals surface area contributed by atoms with Crippen LogP contribution in [0.2, 0.25) is 5.02 Å². The lowest BCUT2D eigenvalue weighted by atomic mass is 10.1. The van der Waals surface area contributed by atoms with E-state index >= 15 is 0 Å². The monoisotopic (exact) mass is 392 g/mol. The summed E-state index contributed by atoms with van der Waals surface area (Å²) in [5.41, 5.74) is 2.88. The average molecular weight is 393 g/mol. The molecule has 0 spiro atoms. The molecule has 0 atom stereocenters. The number of aromatic nitrogens is 2. The quantitative estimate of drug-likeness (QED) is 0.504. The molecule has 1 heterocycles. The first-order valence-corrected chi connectivity index (χ1v) is 8.99. The highest BCUT2D eigenvalue weighted by Gasteiger charge is 2.15. The topological polar surface area (TPSA) is 53.4 Å². The maximum Gasteiger partial charge on any atom is 0.282 e. The number of hydrogen-bond donors (Lipinski definition) is 0. The van der Waals surface area contributed by atoms with Crippen molar-refractivity contribution in [2.75, 3.05) is 14.2 Å². The van der Waals surface area contributed by atoms with Crippen LogP contribution in [0.3, 0.4) is 0 Å². The summed E-state index contributed by atoms with van der Waals surface area (Å²) in [6.07, 6.45) is 0. The summed E-state index contributed by atoms with van der Waals surface area (Å²) in [7, 11) is 3.19. The van der Waals surface area contributed by atoms with Gasteiger partial charge in [-0.05, 0) is 48.5 Å². The minimum atomic E-state index is -0.228. The molecule has 0 fully saturated rings. The van der Waals surface area contributed by atoms with Gasteiger partial charge in [-0.3, -0.25) is 9.36 Å².